The highest BCUT2D eigenvalue weighted by atomic mass is 16.6. The van der Waals surface area contributed by atoms with Gasteiger partial charge in [-0.1, -0.05) is 26.0 Å². The third kappa shape index (κ3) is 3.65. The van der Waals surface area contributed by atoms with Gasteiger partial charge in [0.1, 0.15) is 6.10 Å². The third-order valence-electron chi connectivity index (χ3n) is 3.36. The van der Waals surface area contributed by atoms with Crippen molar-refractivity contribution < 1.29 is 14.3 Å². The number of para-hydroxylation sites is 2. The van der Waals surface area contributed by atoms with E-state index in [0.29, 0.717) is 24.0 Å². The van der Waals surface area contributed by atoms with Crippen LogP contribution in [0.5, 0.6) is 11.5 Å². The first-order chi connectivity index (χ1) is 9.58. The molecule has 0 fully saturated rings. The van der Waals surface area contributed by atoms with Crippen molar-refractivity contribution in [1.82, 2.24) is 5.32 Å². The van der Waals surface area contributed by atoms with Gasteiger partial charge in [-0.2, -0.15) is 0 Å². The Kier molecular flexibility index (Phi) is 4.88. The number of hydrogen-bond donors (Lipinski definition) is 1. The highest BCUT2D eigenvalue weighted by Crippen LogP contribution is 2.33. The van der Waals surface area contributed by atoms with E-state index >= 15 is 0 Å². The number of nitrogens with one attached hydrogen (secondary N) is 1. The molecule has 1 aromatic rings. The van der Waals surface area contributed by atoms with Gasteiger partial charge in [0.25, 0.3) is 5.91 Å². The molecule has 2 rings (SSSR count). The molecule has 0 aromatic heterocycles. The third-order valence-corrected chi connectivity index (χ3v) is 3.36. The topological polar surface area (TPSA) is 47.6 Å². The van der Waals surface area contributed by atoms with Gasteiger partial charge in [-0.15, -0.1) is 0 Å². The van der Waals surface area contributed by atoms with Crippen LogP contribution in [-0.4, -0.2) is 24.7 Å². The van der Waals surface area contributed by atoms with Gasteiger partial charge in [0, 0.05) is 6.54 Å². The van der Waals surface area contributed by atoms with Crippen molar-refractivity contribution in [3.8, 4) is 11.5 Å². The number of hydrogen-bond acceptors (Lipinski definition) is 3. The Balaban J connectivity index is 1.88. The van der Waals surface area contributed by atoms with E-state index in [4.69, 9.17) is 9.47 Å². The highest BCUT2D eigenvalue weighted by Gasteiger charge is 2.33. The average Bonchev–Trinajstić information content (AvgIpc) is 2.42. The second-order valence-electron chi connectivity index (χ2n) is 5.64. The van der Waals surface area contributed by atoms with Gasteiger partial charge >= 0.3 is 0 Å². The van der Waals surface area contributed by atoms with Crippen molar-refractivity contribution in [3.63, 3.8) is 0 Å². The summed E-state index contributed by atoms with van der Waals surface area (Å²) in [6.45, 7) is 6.90. The minimum atomic E-state index is -0.580. The van der Waals surface area contributed by atoms with Gasteiger partial charge in [-0.3, -0.25) is 4.79 Å². The fraction of sp³-hybridized carbons (Fsp3) is 0.562. The summed E-state index contributed by atoms with van der Waals surface area (Å²) >= 11 is 0. The molecule has 1 N–H and O–H groups in total. The number of carbonyl (C=O) groups excluding carboxylic acids is 1. The molecule has 0 bridgehead atoms. The molecule has 110 valence electrons. The lowest BCUT2D eigenvalue weighted by molar-refractivity contribution is -0.133. The second-order valence-corrected chi connectivity index (χ2v) is 5.64. The maximum Gasteiger partial charge on any atom is 0.265 e. The molecule has 0 unspecified atom stereocenters. The van der Waals surface area contributed by atoms with E-state index in [-0.39, 0.29) is 12.0 Å². The van der Waals surface area contributed by atoms with Crippen LogP contribution in [0.2, 0.25) is 0 Å². The Labute approximate surface area is 120 Å². The van der Waals surface area contributed by atoms with Crippen LogP contribution in [0.1, 0.15) is 33.6 Å². The van der Waals surface area contributed by atoms with Crippen LogP contribution in [0.4, 0.5) is 0 Å². The first-order valence-corrected chi connectivity index (χ1v) is 7.28. The molecule has 1 aromatic carbocycles. The molecule has 1 aliphatic heterocycles. The first kappa shape index (κ1) is 14.7. The Morgan fingerprint density at radius 3 is 2.55 bits per heavy atom. The summed E-state index contributed by atoms with van der Waals surface area (Å²) in [5, 5.41) is 2.93. The van der Waals surface area contributed by atoms with Gasteiger partial charge < -0.3 is 14.8 Å². The molecule has 1 heterocycles. The predicted molar refractivity (Wildman–Crippen MR) is 78.0 cm³/mol. The lowest BCUT2D eigenvalue weighted by Crippen LogP contribution is -2.49. The fourth-order valence-corrected chi connectivity index (χ4v) is 2.23. The SMILES string of the molecule is CC(C)CCCNC(=O)[C@H]1Oc2ccccc2O[C@H]1C. The summed E-state index contributed by atoms with van der Waals surface area (Å²) in [4.78, 5) is 12.1. The zero-order valence-electron chi connectivity index (χ0n) is 12.4. The van der Waals surface area contributed by atoms with Crippen LogP contribution in [0, 0.1) is 5.92 Å². The standard InChI is InChI=1S/C16H23NO3/c1-11(2)7-6-10-17-16(18)15-12(3)19-13-8-4-5-9-14(13)20-15/h4-5,8-9,11-12,15H,6-7,10H2,1-3H3,(H,17,18)/t12-,15-/m0/s1. The van der Waals surface area contributed by atoms with Crippen molar-refractivity contribution in [2.24, 2.45) is 5.92 Å². The molecule has 1 amide bonds. The van der Waals surface area contributed by atoms with E-state index in [2.05, 4.69) is 19.2 Å². The molecular formula is C16H23NO3. The molecule has 2 atom stereocenters. The number of carbonyl (C=O) groups is 1. The molecule has 0 aliphatic carbocycles. The Morgan fingerprint density at radius 1 is 1.25 bits per heavy atom. The molecular weight excluding hydrogens is 254 g/mol. The molecule has 20 heavy (non-hydrogen) atoms. The van der Waals surface area contributed by atoms with Crippen molar-refractivity contribution >= 4 is 5.91 Å². The van der Waals surface area contributed by atoms with Crippen LogP contribution < -0.4 is 14.8 Å². The molecule has 4 nitrogen and oxygen atoms in total. The number of ether oxygens (including phenoxy) is 2. The van der Waals surface area contributed by atoms with E-state index in [1.807, 2.05) is 31.2 Å². The average molecular weight is 277 g/mol. The number of benzene rings is 1. The highest BCUT2D eigenvalue weighted by molar-refractivity contribution is 5.82. The van der Waals surface area contributed by atoms with Gasteiger partial charge in [-0.25, -0.2) is 0 Å². The lowest BCUT2D eigenvalue weighted by atomic mass is 10.1. The summed E-state index contributed by atoms with van der Waals surface area (Å²) in [6, 6.07) is 7.43. The smallest absolute Gasteiger partial charge is 0.265 e. The molecule has 0 saturated carbocycles. The zero-order valence-corrected chi connectivity index (χ0v) is 12.4. The van der Waals surface area contributed by atoms with E-state index in [9.17, 15) is 4.79 Å². The van der Waals surface area contributed by atoms with Crippen molar-refractivity contribution in [2.75, 3.05) is 6.54 Å². The van der Waals surface area contributed by atoms with E-state index in [1.165, 1.54) is 0 Å². The number of amides is 1. The molecule has 0 radical (unpaired) electrons. The molecule has 4 heteroatoms. The van der Waals surface area contributed by atoms with E-state index in [1.54, 1.807) is 0 Å². The summed E-state index contributed by atoms with van der Waals surface area (Å²) in [7, 11) is 0. The molecule has 0 spiro atoms. The largest absolute Gasteiger partial charge is 0.482 e. The minimum absolute atomic E-state index is 0.101. The van der Waals surface area contributed by atoms with Crippen LogP contribution >= 0.6 is 0 Å². The normalized spacial score (nSPS) is 20.8. The quantitative estimate of drug-likeness (QED) is 0.842. The van der Waals surface area contributed by atoms with Crippen LogP contribution in [0.15, 0.2) is 24.3 Å². The number of fused-ring (bicyclic) bond motifs is 1. The number of rotatable bonds is 5. The Bertz CT molecular complexity index is 459. The summed E-state index contributed by atoms with van der Waals surface area (Å²) in [5.74, 6) is 1.89. The van der Waals surface area contributed by atoms with Gasteiger partial charge in [0.05, 0.1) is 0 Å². The summed E-state index contributed by atoms with van der Waals surface area (Å²) < 4.78 is 11.5. The monoisotopic (exact) mass is 277 g/mol. The molecule has 1 aliphatic rings. The Morgan fingerprint density at radius 2 is 1.90 bits per heavy atom. The van der Waals surface area contributed by atoms with Crippen molar-refractivity contribution in [1.29, 1.82) is 0 Å². The van der Waals surface area contributed by atoms with Crippen LogP contribution in [0.25, 0.3) is 0 Å². The zero-order chi connectivity index (χ0) is 14.5. The summed E-state index contributed by atoms with van der Waals surface area (Å²) in [5.41, 5.74) is 0. The van der Waals surface area contributed by atoms with Crippen LogP contribution in [0.3, 0.4) is 0 Å². The predicted octanol–water partition coefficient (Wildman–Crippen LogP) is 2.77. The second kappa shape index (κ2) is 6.64. The van der Waals surface area contributed by atoms with E-state index < -0.39 is 6.10 Å². The molecule has 0 saturated heterocycles. The maximum absolute atomic E-state index is 12.1. The first-order valence-electron chi connectivity index (χ1n) is 7.28. The van der Waals surface area contributed by atoms with Gasteiger partial charge in [0.15, 0.2) is 11.5 Å². The maximum atomic E-state index is 12.1. The Hall–Kier alpha value is -1.71. The van der Waals surface area contributed by atoms with Gasteiger partial charge in [0.2, 0.25) is 6.10 Å². The van der Waals surface area contributed by atoms with E-state index in [0.717, 1.165) is 12.8 Å². The van der Waals surface area contributed by atoms with Crippen molar-refractivity contribution in [3.05, 3.63) is 24.3 Å². The lowest BCUT2D eigenvalue weighted by Gasteiger charge is -2.31. The minimum Gasteiger partial charge on any atom is -0.482 e. The van der Waals surface area contributed by atoms with Crippen molar-refractivity contribution in [2.45, 2.75) is 45.8 Å². The summed E-state index contributed by atoms with van der Waals surface area (Å²) in [6.07, 6.45) is 1.24. The van der Waals surface area contributed by atoms with Gasteiger partial charge in [-0.05, 0) is 37.8 Å². The fourth-order valence-electron chi connectivity index (χ4n) is 2.23. The van der Waals surface area contributed by atoms with Crippen LogP contribution in [-0.2, 0) is 4.79 Å².